The highest BCUT2D eigenvalue weighted by Gasteiger charge is 2.07. The molecule has 0 heterocycles. The molecule has 1 amide bonds. The molecule has 0 fully saturated rings. The molecule has 0 aromatic heterocycles. The third kappa shape index (κ3) is 8.08. The smallest absolute Gasteiger partial charge is 0.217 e. The highest BCUT2D eigenvalue weighted by molar-refractivity contribution is 7.80. The van der Waals surface area contributed by atoms with E-state index in [0.29, 0.717) is 19.0 Å². The van der Waals surface area contributed by atoms with Crippen LogP contribution in [0, 0.1) is 0 Å². The number of hydrogen-bond acceptors (Lipinski definition) is 4. The first kappa shape index (κ1) is 12.7. The van der Waals surface area contributed by atoms with Gasteiger partial charge in [0.1, 0.15) is 6.79 Å². The molecule has 1 atom stereocenters. The van der Waals surface area contributed by atoms with Crippen molar-refractivity contribution in [1.29, 1.82) is 0 Å². The van der Waals surface area contributed by atoms with E-state index in [9.17, 15) is 4.79 Å². The lowest BCUT2D eigenvalue weighted by molar-refractivity contribution is -0.120. The largest absolute Gasteiger partial charge is 0.356 e. The lowest BCUT2D eigenvalue weighted by atomic mass is 10.3. The molecule has 0 spiro atoms. The highest BCUT2D eigenvalue weighted by atomic mass is 32.1. The van der Waals surface area contributed by atoms with Gasteiger partial charge in [0.15, 0.2) is 0 Å². The summed E-state index contributed by atoms with van der Waals surface area (Å²) in [6.45, 7) is 4.70. The number of hydrogen-bond donors (Lipinski definition) is 2. The van der Waals surface area contributed by atoms with E-state index < -0.39 is 0 Å². The Balaban J connectivity index is 3.42. The number of carbonyl (C=O) groups is 1. The van der Waals surface area contributed by atoms with Gasteiger partial charge in [-0.25, -0.2) is 0 Å². The Morgan fingerprint density at radius 3 is 2.69 bits per heavy atom. The monoisotopic (exact) mass is 207 g/mol. The topological polar surface area (TPSA) is 47.6 Å². The van der Waals surface area contributed by atoms with Crippen molar-refractivity contribution in [2.24, 2.45) is 0 Å². The van der Waals surface area contributed by atoms with Gasteiger partial charge in [-0.2, -0.15) is 12.6 Å². The average Bonchev–Trinajstić information content (AvgIpc) is 2.09. The molecule has 0 aromatic rings. The normalized spacial score (nSPS) is 12.5. The molecule has 0 saturated heterocycles. The van der Waals surface area contributed by atoms with Crippen molar-refractivity contribution in [2.75, 3.05) is 25.8 Å². The summed E-state index contributed by atoms with van der Waals surface area (Å²) in [4.78, 5) is 10.7. The zero-order chi connectivity index (χ0) is 10.1. The summed E-state index contributed by atoms with van der Waals surface area (Å²) >= 11 is 4.08. The minimum atomic E-state index is -0.0703. The second-order valence-electron chi connectivity index (χ2n) is 2.56. The predicted octanol–water partition coefficient (Wildman–Crippen LogP) is 0.432. The van der Waals surface area contributed by atoms with Crippen LogP contribution in [-0.4, -0.2) is 37.7 Å². The molecule has 5 heteroatoms. The molecule has 4 nitrogen and oxygen atoms in total. The summed E-state index contributed by atoms with van der Waals surface area (Å²) in [5.41, 5.74) is 0. The van der Waals surface area contributed by atoms with E-state index in [1.165, 1.54) is 6.92 Å². The molecule has 0 rings (SSSR count). The van der Waals surface area contributed by atoms with Gasteiger partial charge in [-0.3, -0.25) is 4.79 Å². The molecular formula is C8H17NO3S. The van der Waals surface area contributed by atoms with Crippen molar-refractivity contribution >= 4 is 18.5 Å². The average molecular weight is 207 g/mol. The summed E-state index contributed by atoms with van der Waals surface area (Å²) < 4.78 is 10.1. The van der Waals surface area contributed by atoms with Crippen molar-refractivity contribution < 1.29 is 14.3 Å². The first-order valence-corrected chi connectivity index (χ1v) is 4.87. The van der Waals surface area contributed by atoms with Crippen molar-refractivity contribution in [3.63, 3.8) is 0 Å². The van der Waals surface area contributed by atoms with E-state index >= 15 is 0 Å². The van der Waals surface area contributed by atoms with Gasteiger partial charge >= 0.3 is 0 Å². The zero-order valence-electron chi connectivity index (χ0n) is 8.08. The van der Waals surface area contributed by atoms with E-state index in [4.69, 9.17) is 9.47 Å². The van der Waals surface area contributed by atoms with Gasteiger partial charge in [-0.1, -0.05) is 0 Å². The summed E-state index contributed by atoms with van der Waals surface area (Å²) in [6.07, 6.45) is 0. The molecule has 0 radical (unpaired) electrons. The van der Waals surface area contributed by atoms with Crippen molar-refractivity contribution in [1.82, 2.24) is 5.32 Å². The maximum absolute atomic E-state index is 10.7. The second kappa shape index (κ2) is 8.34. The Kier molecular flexibility index (Phi) is 8.18. The molecule has 78 valence electrons. The van der Waals surface area contributed by atoms with E-state index in [0.717, 1.165) is 0 Å². The molecule has 0 unspecified atom stereocenters. The van der Waals surface area contributed by atoms with Crippen LogP contribution in [0.3, 0.4) is 0 Å². The molecule has 0 saturated carbocycles. The molecule has 0 aliphatic carbocycles. The van der Waals surface area contributed by atoms with E-state index in [2.05, 4.69) is 17.9 Å². The fraction of sp³-hybridized carbons (Fsp3) is 0.875. The molecule has 1 N–H and O–H groups in total. The SMILES string of the molecule is CCOCOC[C@H](CS)NC(C)=O. The zero-order valence-corrected chi connectivity index (χ0v) is 8.97. The number of carbonyl (C=O) groups excluding carboxylic acids is 1. The second-order valence-corrected chi connectivity index (χ2v) is 2.93. The molecular weight excluding hydrogens is 190 g/mol. The van der Waals surface area contributed by atoms with Gasteiger partial charge in [0.25, 0.3) is 0 Å². The van der Waals surface area contributed by atoms with E-state index in [-0.39, 0.29) is 18.7 Å². The van der Waals surface area contributed by atoms with Gasteiger partial charge < -0.3 is 14.8 Å². The standard InChI is InChI=1S/C8H17NO3S/c1-3-11-6-12-4-8(5-13)9-7(2)10/h8,13H,3-6H2,1-2H3,(H,9,10)/t8-/m1/s1. The number of nitrogens with one attached hydrogen (secondary N) is 1. The third-order valence-corrected chi connectivity index (χ3v) is 1.76. The third-order valence-electron chi connectivity index (χ3n) is 1.32. The number of ether oxygens (including phenoxy) is 2. The first-order chi connectivity index (χ1) is 6.20. The number of amides is 1. The van der Waals surface area contributed by atoms with Crippen LogP contribution in [0.25, 0.3) is 0 Å². The van der Waals surface area contributed by atoms with Crippen molar-refractivity contribution in [3.05, 3.63) is 0 Å². The Labute approximate surface area is 84.4 Å². The van der Waals surface area contributed by atoms with Crippen LogP contribution < -0.4 is 5.32 Å². The minimum Gasteiger partial charge on any atom is -0.356 e. The van der Waals surface area contributed by atoms with Crippen LogP contribution in [0.1, 0.15) is 13.8 Å². The van der Waals surface area contributed by atoms with Crippen LogP contribution in [0.4, 0.5) is 0 Å². The lowest BCUT2D eigenvalue weighted by Gasteiger charge is -2.15. The molecule has 0 bridgehead atoms. The van der Waals surface area contributed by atoms with Crippen LogP contribution in [-0.2, 0) is 14.3 Å². The summed E-state index contributed by atoms with van der Waals surface area (Å²) in [7, 11) is 0. The maximum Gasteiger partial charge on any atom is 0.217 e. The van der Waals surface area contributed by atoms with Gasteiger partial charge in [0.05, 0.1) is 12.6 Å². The molecule has 13 heavy (non-hydrogen) atoms. The first-order valence-electron chi connectivity index (χ1n) is 4.24. The predicted molar refractivity (Wildman–Crippen MR) is 53.9 cm³/mol. The summed E-state index contributed by atoms with van der Waals surface area (Å²) in [5, 5.41) is 2.71. The van der Waals surface area contributed by atoms with Crippen LogP contribution in [0.15, 0.2) is 0 Å². The Morgan fingerprint density at radius 2 is 2.23 bits per heavy atom. The summed E-state index contributed by atoms with van der Waals surface area (Å²) in [5.74, 6) is 0.491. The Hall–Kier alpha value is -0.260. The lowest BCUT2D eigenvalue weighted by Crippen LogP contribution is -2.38. The maximum atomic E-state index is 10.7. The number of thiol groups is 1. The quantitative estimate of drug-likeness (QED) is 0.361. The van der Waals surface area contributed by atoms with Crippen molar-refractivity contribution in [2.45, 2.75) is 19.9 Å². The molecule has 0 aliphatic heterocycles. The Bertz CT molecular complexity index is 143. The highest BCUT2D eigenvalue weighted by Crippen LogP contribution is 1.90. The van der Waals surface area contributed by atoms with E-state index in [1.807, 2.05) is 6.92 Å². The molecule has 0 aromatic carbocycles. The van der Waals surface area contributed by atoms with E-state index in [1.54, 1.807) is 0 Å². The molecule has 0 aliphatic rings. The fourth-order valence-electron chi connectivity index (χ4n) is 0.760. The van der Waals surface area contributed by atoms with Gasteiger partial charge in [0.2, 0.25) is 5.91 Å². The summed E-state index contributed by atoms with van der Waals surface area (Å²) in [6, 6.07) is -0.0405. The van der Waals surface area contributed by atoms with Crippen LogP contribution in [0.5, 0.6) is 0 Å². The minimum absolute atomic E-state index is 0.0405. The van der Waals surface area contributed by atoms with Gasteiger partial charge in [0, 0.05) is 19.3 Å². The van der Waals surface area contributed by atoms with Crippen molar-refractivity contribution in [3.8, 4) is 0 Å². The van der Waals surface area contributed by atoms with Crippen LogP contribution >= 0.6 is 12.6 Å². The van der Waals surface area contributed by atoms with Gasteiger partial charge in [-0.15, -0.1) is 0 Å². The number of rotatable bonds is 7. The van der Waals surface area contributed by atoms with Gasteiger partial charge in [-0.05, 0) is 6.92 Å². The van der Waals surface area contributed by atoms with Crippen LogP contribution in [0.2, 0.25) is 0 Å². The Morgan fingerprint density at radius 1 is 1.54 bits per heavy atom. The fourth-order valence-corrected chi connectivity index (χ4v) is 0.957.